The summed E-state index contributed by atoms with van der Waals surface area (Å²) in [7, 11) is 0. The van der Waals surface area contributed by atoms with Crippen molar-refractivity contribution < 1.29 is 4.79 Å². The minimum Gasteiger partial charge on any atom is -0.303 e. The van der Waals surface area contributed by atoms with Crippen LogP contribution in [-0.2, 0) is 16.8 Å². The van der Waals surface area contributed by atoms with E-state index in [4.69, 9.17) is 11.6 Å². The molecular formula is C21H27ClN6OS. The molecule has 1 amide bonds. The second-order valence-electron chi connectivity index (χ2n) is 8.81. The van der Waals surface area contributed by atoms with Gasteiger partial charge in [0.2, 0.25) is 5.91 Å². The fourth-order valence-electron chi connectivity index (χ4n) is 3.62. The van der Waals surface area contributed by atoms with Gasteiger partial charge in [-0.25, -0.2) is 4.98 Å². The van der Waals surface area contributed by atoms with Crippen LogP contribution >= 0.6 is 22.9 Å². The zero-order valence-corrected chi connectivity index (χ0v) is 19.1. The van der Waals surface area contributed by atoms with Crippen molar-refractivity contribution >= 4 is 44.3 Å². The zero-order valence-electron chi connectivity index (χ0n) is 17.6. The van der Waals surface area contributed by atoms with Crippen molar-refractivity contribution in [3.63, 3.8) is 0 Å². The van der Waals surface area contributed by atoms with Crippen molar-refractivity contribution in [1.29, 1.82) is 0 Å². The second kappa shape index (κ2) is 8.61. The second-order valence-corrected chi connectivity index (χ2v) is 10.3. The van der Waals surface area contributed by atoms with Crippen molar-refractivity contribution in [2.45, 2.75) is 45.6 Å². The molecule has 3 aromatic rings. The average molecular weight is 447 g/mol. The van der Waals surface area contributed by atoms with E-state index in [9.17, 15) is 4.79 Å². The van der Waals surface area contributed by atoms with Gasteiger partial charge in [-0.1, -0.05) is 22.9 Å². The highest BCUT2D eigenvalue weighted by Gasteiger charge is 2.26. The van der Waals surface area contributed by atoms with E-state index in [1.165, 1.54) is 16.9 Å². The van der Waals surface area contributed by atoms with Gasteiger partial charge >= 0.3 is 0 Å². The van der Waals surface area contributed by atoms with E-state index in [2.05, 4.69) is 52.3 Å². The van der Waals surface area contributed by atoms with Gasteiger partial charge in [0.1, 0.15) is 0 Å². The number of hydrogen-bond donors (Lipinski definition) is 1. The van der Waals surface area contributed by atoms with Crippen molar-refractivity contribution in [3.05, 3.63) is 35.2 Å². The molecule has 0 atom stereocenters. The molecule has 0 radical (unpaired) electrons. The minimum atomic E-state index is 0.00947. The molecule has 1 saturated heterocycles. The predicted octanol–water partition coefficient (Wildman–Crippen LogP) is 4.19. The molecule has 0 aromatic carbocycles. The first-order valence-electron chi connectivity index (χ1n) is 10.3. The summed E-state index contributed by atoms with van der Waals surface area (Å²) in [6, 6.07) is 1.82. The first-order chi connectivity index (χ1) is 14.3. The highest BCUT2D eigenvalue weighted by atomic mass is 35.5. The van der Waals surface area contributed by atoms with Gasteiger partial charge in [0, 0.05) is 24.9 Å². The van der Waals surface area contributed by atoms with Crippen LogP contribution in [0, 0.1) is 5.92 Å². The molecule has 160 valence electrons. The van der Waals surface area contributed by atoms with Gasteiger partial charge in [0.25, 0.3) is 0 Å². The molecule has 7 nitrogen and oxygen atoms in total. The number of pyridine rings is 1. The van der Waals surface area contributed by atoms with E-state index >= 15 is 0 Å². The third kappa shape index (κ3) is 4.99. The van der Waals surface area contributed by atoms with Crippen molar-refractivity contribution in [2.24, 2.45) is 5.92 Å². The topological polar surface area (TPSA) is 75.9 Å². The Balaban J connectivity index is 1.25. The van der Waals surface area contributed by atoms with Crippen molar-refractivity contribution in [1.82, 2.24) is 24.6 Å². The van der Waals surface area contributed by atoms with Gasteiger partial charge in [-0.2, -0.15) is 10.1 Å². The van der Waals surface area contributed by atoms with Crippen LogP contribution in [0.3, 0.4) is 0 Å². The number of anilines is 1. The summed E-state index contributed by atoms with van der Waals surface area (Å²) in [4.78, 5) is 23.7. The van der Waals surface area contributed by atoms with E-state index < -0.39 is 0 Å². The Hall–Kier alpha value is -2.03. The van der Waals surface area contributed by atoms with E-state index in [1.54, 1.807) is 6.20 Å². The van der Waals surface area contributed by atoms with Crippen LogP contribution in [0.5, 0.6) is 0 Å². The van der Waals surface area contributed by atoms with Gasteiger partial charge in [-0.05, 0) is 64.8 Å². The molecular weight excluding hydrogens is 420 g/mol. The lowest BCUT2D eigenvalue weighted by Gasteiger charge is -2.30. The van der Waals surface area contributed by atoms with Crippen LogP contribution in [0.1, 0.15) is 39.2 Å². The van der Waals surface area contributed by atoms with Crippen LogP contribution in [0.4, 0.5) is 5.13 Å². The molecule has 4 rings (SSSR count). The fourth-order valence-corrected chi connectivity index (χ4v) is 4.71. The van der Waals surface area contributed by atoms with Gasteiger partial charge in [0.05, 0.1) is 21.5 Å². The lowest BCUT2D eigenvalue weighted by atomic mass is 9.96. The van der Waals surface area contributed by atoms with E-state index in [1.807, 2.05) is 16.9 Å². The lowest BCUT2D eigenvalue weighted by Crippen LogP contribution is -2.39. The molecule has 30 heavy (non-hydrogen) atoms. The fraction of sp³-hybridized carbons (Fsp3) is 0.524. The third-order valence-electron chi connectivity index (χ3n) is 5.44. The summed E-state index contributed by atoms with van der Waals surface area (Å²) >= 11 is 7.38. The number of fused-ring (bicyclic) bond motifs is 1. The molecule has 1 aliphatic rings. The number of nitrogens with one attached hydrogen (secondary N) is 1. The summed E-state index contributed by atoms with van der Waals surface area (Å²) < 4.78 is 2.90. The monoisotopic (exact) mass is 446 g/mol. The summed E-state index contributed by atoms with van der Waals surface area (Å²) in [5.41, 5.74) is 1.88. The molecule has 0 bridgehead atoms. The van der Waals surface area contributed by atoms with E-state index in [0.717, 1.165) is 43.6 Å². The van der Waals surface area contributed by atoms with Gasteiger partial charge in [-0.3, -0.25) is 9.48 Å². The number of thiazole rings is 1. The quantitative estimate of drug-likeness (QED) is 0.635. The Morgan fingerprint density at radius 3 is 2.77 bits per heavy atom. The summed E-state index contributed by atoms with van der Waals surface area (Å²) in [5, 5.41) is 8.60. The highest BCUT2D eigenvalue weighted by Crippen LogP contribution is 2.28. The highest BCUT2D eigenvalue weighted by molar-refractivity contribution is 7.22. The van der Waals surface area contributed by atoms with E-state index in [-0.39, 0.29) is 17.4 Å². The summed E-state index contributed by atoms with van der Waals surface area (Å²) in [6.45, 7) is 9.32. The minimum absolute atomic E-state index is 0.00947. The van der Waals surface area contributed by atoms with Crippen molar-refractivity contribution in [3.8, 4) is 0 Å². The van der Waals surface area contributed by atoms with E-state index in [0.29, 0.717) is 15.8 Å². The molecule has 1 fully saturated rings. The number of carbonyl (C=O) groups excluding carboxylic acids is 1. The first-order valence-corrected chi connectivity index (χ1v) is 11.5. The normalized spacial score (nSPS) is 16.3. The molecule has 3 aromatic heterocycles. The number of halogens is 1. The molecule has 0 saturated carbocycles. The Kier molecular flexibility index (Phi) is 6.09. The van der Waals surface area contributed by atoms with Gasteiger partial charge in [0.15, 0.2) is 10.8 Å². The molecule has 0 aliphatic carbocycles. The molecule has 1 aliphatic heterocycles. The molecule has 0 spiro atoms. The first kappa shape index (κ1) is 21.2. The standard InChI is InChI=1S/C21H27ClN6OS/c1-21(2,3)28-13-14(11-24-28)4-7-27-8-5-15(6-9-27)19(29)26-20-25-18-17(30-20)10-16(22)12-23-18/h10-13,15H,4-9H2,1-3H3,(H,23,25,26,29). The Morgan fingerprint density at radius 2 is 2.07 bits per heavy atom. The summed E-state index contributed by atoms with van der Waals surface area (Å²) in [6.07, 6.45) is 8.38. The number of carbonyl (C=O) groups is 1. The molecule has 4 heterocycles. The maximum Gasteiger partial charge on any atom is 0.229 e. The zero-order chi connectivity index (χ0) is 21.3. The number of amides is 1. The van der Waals surface area contributed by atoms with Crippen LogP contribution in [0.2, 0.25) is 5.02 Å². The van der Waals surface area contributed by atoms with Crippen LogP contribution in [0.25, 0.3) is 10.3 Å². The maximum absolute atomic E-state index is 12.7. The predicted molar refractivity (Wildman–Crippen MR) is 121 cm³/mol. The van der Waals surface area contributed by atoms with Crippen LogP contribution in [-0.4, -0.2) is 50.2 Å². The van der Waals surface area contributed by atoms with Crippen LogP contribution < -0.4 is 5.32 Å². The number of hydrogen-bond acceptors (Lipinski definition) is 6. The number of piperidine rings is 1. The SMILES string of the molecule is CC(C)(C)n1cc(CCN2CCC(C(=O)Nc3nc4ncc(Cl)cc4s3)CC2)cn1. The largest absolute Gasteiger partial charge is 0.303 e. The number of likely N-dealkylation sites (tertiary alicyclic amines) is 1. The molecule has 0 unspecified atom stereocenters. The Morgan fingerprint density at radius 1 is 1.30 bits per heavy atom. The number of rotatable bonds is 5. The maximum atomic E-state index is 12.7. The van der Waals surface area contributed by atoms with Gasteiger partial charge in [-0.15, -0.1) is 0 Å². The lowest BCUT2D eigenvalue weighted by molar-refractivity contribution is -0.121. The Bertz CT molecular complexity index is 1030. The molecule has 1 N–H and O–H groups in total. The Labute approximate surface area is 185 Å². The number of nitrogens with zero attached hydrogens (tertiary/aromatic N) is 5. The van der Waals surface area contributed by atoms with Crippen LogP contribution in [0.15, 0.2) is 24.7 Å². The third-order valence-corrected chi connectivity index (χ3v) is 6.56. The average Bonchev–Trinajstić information content (AvgIpc) is 3.33. The number of aromatic nitrogens is 4. The smallest absolute Gasteiger partial charge is 0.229 e. The summed E-state index contributed by atoms with van der Waals surface area (Å²) in [5.74, 6) is 0.0692. The molecule has 9 heteroatoms. The van der Waals surface area contributed by atoms with Crippen molar-refractivity contribution in [2.75, 3.05) is 25.0 Å². The van der Waals surface area contributed by atoms with Gasteiger partial charge < -0.3 is 10.2 Å².